The molecule has 0 saturated heterocycles. The maximum atomic E-state index is 5.43. The van der Waals surface area contributed by atoms with Crippen molar-refractivity contribution < 1.29 is 0 Å². The summed E-state index contributed by atoms with van der Waals surface area (Å²) in [6.07, 6.45) is 3.13. The fourth-order valence-electron chi connectivity index (χ4n) is 1.22. The Morgan fingerprint density at radius 1 is 1.60 bits per heavy atom. The molecule has 0 amide bonds. The average molecular weight is 141 g/mol. The Kier molecular flexibility index (Phi) is 2.17. The van der Waals surface area contributed by atoms with Crippen LogP contribution in [0.2, 0.25) is 0 Å². The third-order valence-corrected chi connectivity index (χ3v) is 1.70. The van der Waals surface area contributed by atoms with Crippen LogP contribution in [0.15, 0.2) is 11.9 Å². The van der Waals surface area contributed by atoms with Crippen molar-refractivity contribution in [3.05, 3.63) is 11.9 Å². The van der Waals surface area contributed by atoms with Crippen molar-refractivity contribution in [2.75, 3.05) is 27.3 Å². The SMILES string of the molecule is CN1C=C(CCN)N(C)C1. The highest BCUT2D eigenvalue weighted by molar-refractivity contribution is 5.04. The van der Waals surface area contributed by atoms with Gasteiger partial charge in [-0.15, -0.1) is 0 Å². The molecule has 3 heteroatoms. The normalized spacial score (nSPS) is 18.1. The molecule has 0 unspecified atom stereocenters. The smallest absolute Gasteiger partial charge is 0.0890 e. The zero-order valence-corrected chi connectivity index (χ0v) is 6.67. The van der Waals surface area contributed by atoms with Gasteiger partial charge in [-0.2, -0.15) is 0 Å². The fraction of sp³-hybridized carbons (Fsp3) is 0.714. The molecule has 58 valence electrons. The third kappa shape index (κ3) is 1.42. The molecule has 3 nitrogen and oxygen atoms in total. The summed E-state index contributed by atoms with van der Waals surface area (Å²) in [5, 5.41) is 0. The van der Waals surface area contributed by atoms with Crippen LogP contribution in [0.25, 0.3) is 0 Å². The Morgan fingerprint density at radius 2 is 2.30 bits per heavy atom. The van der Waals surface area contributed by atoms with Crippen LogP contribution in [0.4, 0.5) is 0 Å². The van der Waals surface area contributed by atoms with Crippen molar-refractivity contribution >= 4 is 0 Å². The first-order chi connectivity index (χ1) is 4.74. The van der Waals surface area contributed by atoms with Gasteiger partial charge in [0.1, 0.15) is 0 Å². The van der Waals surface area contributed by atoms with Gasteiger partial charge in [0.05, 0.1) is 6.67 Å². The van der Waals surface area contributed by atoms with Gasteiger partial charge in [0, 0.05) is 32.4 Å². The Bertz CT molecular complexity index is 142. The Hall–Kier alpha value is -0.700. The highest BCUT2D eigenvalue weighted by Crippen LogP contribution is 2.13. The first-order valence-electron chi connectivity index (χ1n) is 3.56. The maximum Gasteiger partial charge on any atom is 0.0890 e. The van der Waals surface area contributed by atoms with Crippen LogP contribution in [0.3, 0.4) is 0 Å². The van der Waals surface area contributed by atoms with Crippen molar-refractivity contribution in [3.63, 3.8) is 0 Å². The van der Waals surface area contributed by atoms with Gasteiger partial charge in [0.2, 0.25) is 0 Å². The second-order valence-electron chi connectivity index (χ2n) is 2.76. The molecule has 0 saturated carbocycles. The van der Waals surface area contributed by atoms with Crippen molar-refractivity contribution in [1.82, 2.24) is 9.80 Å². The minimum Gasteiger partial charge on any atom is -0.361 e. The standard InChI is InChI=1S/C7H15N3/c1-9-5-7(3-4-8)10(2)6-9/h5H,3-4,6,8H2,1-2H3. The average Bonchev–Trinajstić information content (AvgIpc) is 2.13. The molecular weight excluding hydrogens is 126 g/mol. The van der Waals surface area contributed by atoms with Crippen LogP contribution >= 0.6 is 0 Å². The highest BCUT2D eigenvalue weighted by Gasteiger charge is 2.12. The second-order valence-corrected chi connectivity index (χ2v) is 2.76. The fourth-order valence-corrected chi connectivity index (χ4v) is 1.22. The molecule has 0 radical (unpaired) electrons. The van der Waals surface area contributed by atoms with Gasteiger partial charge in [0.15, 0.2) is 0 Å². The molecule has 0 aromatic carbocycles. The summed E-state index contributed by atoms with van der Waals surface area (Å²) in [6, 6.07) is 0. The largest absolute Gasteiger partial charge is 0.361 e. The molecule has 1 heterocycles. The molecule has 1 aliphatic rings. The van der Waals surface area contributed by atoms with E-state index < -0.39 is 0 Å². The molecule has 0 atom stereocenters. The Morgan fingerprint density at radius 3 is 2.70 bits per heavy atom. The van der Waals surface area contributed by atoms with Crippen LogP contribution in [0, 0.1) is 0 Å². The van der Waals surface area contributed by atoms with Crippen LogP contribution in [-0.4, -0.2) is 37.1 Å². The van der Waals surface area contributed by atoms with Gasteiger partial charge in [-0.05, 0) is 6.54 Å². The van der Waals surface area contributed by atoms with Crippen LogP contribution in [0.1, 0.15) is 6.42 Å². The van der Waals surface area contributed by atoms with Crippen LogP contribution < -0.4 is 5.73 Å². The minimum absolute atomic E-state index is 0.740. The van der Waals surface area contributed by atoms with E-state index in [1.54, 1.807) is 0 Å². The van der Waals surface area contributed by atoms with E-state index in [4.69, 9.17) is 5.73 Å². The van der Waals surface area contributed by atoms with Gasteiger partial charge in [-0.25, -0.2) is 0 Å². The topological polar surface area (TPSA) is 32.5 Å². The quantitative estimate of drug-likeness (QED) is 0.588. The number of nitrogens with zero attached hydrogens (tertiary/aromatic N) is 2. The number of hydrogen-bond acceptors (Lipinski definition) is 3. The van der Waals surface area contributed by atoms with Gasteiger partial charge in [-0.1, -0.05) is 0 Å². The molecule has 10 heavy (non-hydrogen) atoms. The van der Waals surface area contributed by atoms with Gasteiger partial charge < -0.3 is 15.5 Å². The number of nitrogens with two attached hydrogens (primary N) is 1. The summed E-state index contributed by atoms with van der Waals surface area (Å²) < 4.78 is 0. The lowest BCUT2D eigenvalue weighted by Crippen LogP contribution is -2.21. The van der Waals surface area contributed by atoms with Gasteiger partial charge in [0.25, 0.3) is 0 Å². The van der Waals surface area contributed by atoms with E-state index in [1.807, 2.05) is 0 Å². The first kappa shape index (κ1) is 7.41. The van der Waals surface area contributed by atoms with Gasteiger partial charge in [-0.3, -0.25) is 0 Å². The monoisotopic (exact) mass is 141 g/mol. The lowest BCUT2D eigenvalue weighted by molar-refractivity contribution is 0.322. The highest BCUT2D eigenvalue weighted by atomic mass is 15.3. The second kappa shape index (κ2) is 2.92. The molecule has 0 bridgehead atoms. The van der Waals surface area contributed by atoms with Crippen molar-refractivity contribution in [2.24, 2.45) is 5.73 Å². The molecule has 2 N–H and O–H groups in total. The first-order valence-corrected chi connectivity index (χ1v) is 3.56. The van der Waals surface area contributed by atoms with Crippen LogP contribution in [-0.2, 0) is 0 Å². The predicted molar refractivity (Wildman–Crippen MR) is 42.1 cm³/mol. The van der Waals surface area contributed by atoms with Crippen LogP contribution in [0.5, 0.6) is 0 Å². The predicted octanol–water partition coefficient (Wildman–Crippen LogP) is 0.0113. The lowest BCUT2D eigenvalue weighted by Gasteiger charge is -2.15. The van der Waals surface area contributed by atoms with E-state index >= 15 is 0 Å². The third-order valence-electron chi connectivity index (χ3n) is 1.70. The molecule has 1 rings (SSSR count). The zero-order valence-electron chi connectivity index (χ0n) is 6.67. The molecule has 0 aliphatic carbocycles. The molecule has 1 aliphatic heterocycles. The number of hydrogen-bond donors (Lipinski definition) is 1. The molecule has 0 aromatic rings. The lowest BCUT2D eigenvalue weighted by atomic mass is 10.3. The maximum absolute atomic E-state index is 5.43. The van der Waals surface area contributed by atoms with E-state index in [2.05, 4.69) is 30.1 Å². The van der Waals surface area contributed by atoms with E-state index in [-0.39, 0.29) is 0 Å². The summed E-state index contributed by atoms with van der Waals surface area (Å²) in [5.41, 5.74) is 6.77. The molecule has 0 aromatic heterocycles. The molecular formula is C7H15N3. The summed E-state index contributed by atoms with van der Waals surface area (Å²) in [5.74, 6) is 0. The van der Waals surface area contributed by atoms with E-state index in [1.165, 1.54) is 5.70 Å². The zero-order chi connectivity index (χ0) is 7.56. The van der Waals surface area contributed by atoms with Crippen molar-refractivity contribution in [1.29, 1.82) is 0 Å². The van der Waals surface area contributed by atoms with Gasteiger partial charge >= 0.3 is 0 Å². The van der Waals surface area contributed by atoms with Crippen molar-refractivity contribution in [3.8, 4) is 0 Å². The molecule has 0 fully saturated rings. The summed E-state index contributed by atoms with van der Waals surface area (Å²) >= 11 is 0. The summed E-state index contributed by atoms with van der Waals surface area (Å²) in [6.45, 7) is 1.74. The minimum atomic E-state index is 0.740. The Labute approximate surface area is 62.1 Å². The van der Waals surface area contributed by atoms with Crippen molar-refractivity contribution in [2.45, 2.75) is 6.42 Å². The summed E-state index contributed by atoms with van der Waals surface area (Å²) in [4.78, 5) is 4.37. The van der Waals surface area contributed by atoms with E-state index in [9.17, 15) is 0 Å². The summed E-state index contributed by atoms with van der Waals surface area (Å²) in [7, 11) is 4.16. The van der Waals surface area contributed by atoms with E-state index in [0.717, 1.165) is 19.6 Å². The Balaban J connectivity index is 2.48. The number of rotatable bonds is 2. The van der Waals surface area contributed by atoms with E-state index in [0.29, 0.717) is 0 Å². The molecule has 0 spiro atoms.